The maximum Gasteiger partial charge on any atom is 0.169 e. The second kappa shape index (κ2) is 5.37. The topological polar surface area (TPSA) is 69.6 Å². The Hall–Kier alpha value is -0.750. The van der Waals surface area contributed by atoms with Crippen molar-refractivity contribution in [1.29, 1.82) is 0 Å². The summed E-state index contributed by atoms with van der Waals surface area (Å²) in [4.78, 5) is 11.6. The summed E-state index contributed by atoms with van der Waals surface area (Å²) in [6.07, 6.45) is -1.80. The molecule has 0 aromatic carbocycles. The van der Waals surface area contributed by atoms with Crippen LogP contribution in [0.4, 0.5) is 0 Å². The number of hydrogen-bond donors (Lipinski definition) is 3. The van der Waals surface area contributed by atoms with E-state index < -0.39 is 12.2 Å². The summed E-state index contributed by atoms with van der Waals surface area (Å²) in [7, 11) is 1.70. The third kappa shape index (κ3) is 3.10. The first-order valence-electron chi connectivity index (χ1n) is 4.66. The molecule has 1 rings (SSSR count). The van der Waals surface area contributed by atoms with Crippen LogP contribution in [0.5, 0.6) is 0 Å². The Balaban J connectivity index is 2.73. The fourth-order valence-corrected chi connectivity index (χ4v) is 2.07. The Morgan fingerprint density at radius 2 is 2.27 bits per heavy atom. The fraction of sp³-hybridized carbons (Fsp3) is 0.500. The molecule has 0 aliphatic rings. The molecule has 2 unspecified atom stereocenters. The lowest BCUT2D eigenvalue weighted by molar-refractivity contribution is 0.0205. The number of thiophene rings is 1. The quantitative estimate of drug-likeness (QED) is 0.645. The molecule has 0 saturated carbocycles. The molecule has 84 valence electrons. The van der Waals surface area contributed by atoms with Crippen LogP contribution in [0.3, 0.4) is 0 Å². The number of carbonyl (C=O) groups is 1. The Morgan fingerprint density at radius 3 is 2.73 bits per heavy atom. The van der Waals surface area contributed by atoms with Crippen molar-refractivity contribution in [1.82, 2.24) is 5.32 Å². The van der Waals surface area contributed by atoms with E-state index in [1.807, 2.05) is 0 Å². The lowest BCUT2D eigenvalue weighted by Crippen LogP contribution is -2.29. The summed E-state index contributed by atoms with van der Waals surface area (Å²) in [5, 5.41) is 23.7. The SMILES string of the molecule is CNCC(O)C(O)c1csc(C(C)=O)c1. The molecule has 1 aromatic rings. The zero-order valence-corrected chi connectivity index (χ0v) is 9.54. The van der Waals surface area contributed by atoms with Crippen LogP contribution in [0.25, 0.3) is 0 Å². The number of Topliss-reactive ketones (excluding diaryl/α,β-unsaturated/α-hetero) is 1. The van der Waals surface area contributed by atoms with Gasteiger partial charge >= 0.3 is 0 Å². The summed E-state index contributed by atoms with van der Waals surface area (Å²) in [5.41, 5.74) is 0.591. The van der Waals surface area contributed by atoms with Gasteiger partial charge in [-0.05, 0) is 31.0 Å². The highest BCUT2D eigenvalue weighted by Gasteiger charge is 2.19. The van der Waals surface area contributed by atoms with Crippen molar-refractivity contribution in [2.45, 2.75) is 19.1 Å². The smallest absolute Gasteiger partial charge is 0.169 e. The van der Waals surface area contributed by atoms with Gasteiger partial charge in [-0.25, -0.2) is 0 Å². The number of likely N-dealkylation sites (N-methyl/N-ethyl adjacent to an activating group) is 1. The molecule has 0 bridgehead atoms. The third-order valence-electron chi connectivity index (χ3n) is 2.09. The highest BCUT2D eigenvalue weighted by Crippen LogP contribution is 2.23. The fourth-order valence-electron chi connectivity index (χ4n) is 1.23. The predicted octanol–water partition coefficient (Wildman–Crippen LogP) is 0.564. The van der Waals surface area contributed by atoms with E-state index in [9.17, 15) is 15.0 Å². The minimum atomic E-state index is -0.943. The molecule has 0 amide bonds. The van der Waals surface area contributed by atoms with Gasteiger partial charge in [0.05, 0.1) is 11.0 Å². The molecule has 2 atom stereocenters. The van der Waals surface area contributed by atoms with Crippen LogP contribution in [0.2, 0.25) is 0 Å². The molecule has 0 saturated heterocycles. The van der Waals surface area contributed by atoms with E-state index in [-0.39, 0.29) is 5.78 Å². The van der Waals surface area contributed by atoms with Gasteiger partial charge < -0.3 is 15.5 Å². The van der Waals surface area contributed by atoms with E-state index in [0.29, 0.717) is 17.0 Å². The zero-order chi connectivity index (χ0) is 11.4. The number of aliphatic hydroxyl groups excluding tert-OH is 2. The molecular formula is C10H15NO3S. The number of carbonyl (C=O) groups excluding carboxylic acids is 1. The molecular weight excluding hydrogens is 214 g/mol. The molecule has 1 heterocycles. The predicted molar refractivity (Wildman–Crippen MR) is 59.2 cm³/mol. The molecule has 5 heteroatoms. The van der Waals surface area contributed by atoms with Gasteiger partial charge in [-0.15, -0.1) is 11.3 Å². The van der Waals surface area contributed by atoms with Crippen molar-refractivity contribution in [2.24, 2.45) is 0 Å². The molecule has 0 radical (unpaired) electrons. The minimum absolute atomic E-state index is 0.0263. The molecule has 0 aliphatic carbocycles. The third-order valence-corrected chi connectivity index (χ3v) is 3.14. The standard InChI is InChI=1S/C10H15NO3S/c1-6(12)9-3-7(5-15-9)10(14)8(13)4-11-2/h3,5,8,10-11,13-14H,4H2,1-2H3. The van der Waals surface area contributed by atoms with E-state index in [1.54, 1.807) is 18.5 Å². The monoisotopic (exact) mass is 229 g/mol. The Kier molecular flexibility index (Phi) is 4.41. The lowest BCUT2D eigenvalue weighted by Gasteiger charge is -2.15. The van der Waals surface area contributed by atoms with Gasteiger partial charge in [-0.1, -0.05) is 0 Å². The van der Waals surface area contributed by atoms with Crippen molar-refractivity contribution in [3.05, 3.63) is 21.9 Å². The van der Waals surface area contributed by atoms with Gasteiger partial charge in [0.2, 0.25) is 0 Å². The van der Waals surface area contributed by atoms with Crippen LogP contribution in [0, 0.1) is 0 Å². The van der Waals surface area contributed by atoms with Crippen molar-refractivity contribution in [3.63, 3.8) is 0 Å². The average Bonchev–Trinajstić information content (AvgIpc) is 2.65. The number of nitrogens with one attached hydrogen (secondary N) is 1. The summed E-state index contributed by atoms with van der Waals surface area (Å²) in [6, 6.07) is 1.62. The van der Waals surface area contributed by atoms with Gasteiger partial charge in [0.1, 0.15) is 6.10 Å². The number of aliphatic hydroxyl groups is 2. The Morgan fingerprint density at radius 1 is 1.60 bits per heavy atom. The second-order valence-corrected chi connectivity index (χ2v) is 4.28. The van der Waals surface area contributed by atoms with Gasteiger partial charge in [-0.3, -0.25) is 4.79 Å². The van der Waals surface area contributed by atoms with Gasteiger partial charge in [0, 0.05) is 6.54 Å². The normalized spacial score (nSPS) is 14.9. The van der Waals surface area contributed by atoms with Gasteiger partial charge in [0.15, 0.2) is 5.78 Å². The van der Waals surface area contributed by atoms with E-state index in [1.165, 1.54) is 18.3 Å². The van der Waals surface area contributed by atoms with Crippen LogP contribution in [-0.4, -0.2) is 35.7 Å². The van der Waals surface area contributed by atoms with E-state index in [2.05, 4.69) is 5.32 Å². The summed E-state index contributed by atoms with van der Waals surface area (Å²) >= 11 is 1.28. The molecule has 4 nitrogen and oxygen atoms in total. The summed E-state index contributed by atoms with van der Waals surface area (Å²) < 4.78 is 0. The second-order valence-electron chi connectivity index (χ2n) is 3.37. The van der Waals surface area contributed by atoms with E-state index in [4.69, 9.17) is 0 Å². The zero-order valence-electron chi connectivity index (χ0n) is 8.73. The van der Waals surface area contributed by atoms with Crippen molar-refractivity contribution in [3.8, 4) is 0 Å². The first-order valence-corrected chi connectivity index (χ1v) is 5.54. The van der Waals surface area contributed by atoms with E-state index >= 15 is 0 Å². The number of ketones is 1. The van der Waals surface area contributed by atoms with Crippen LogP contribution in [-0.2, 0) is 0 Å². The summed E-state index contributed by atoms with van der Waals surface area (Å²) in [5.74, 6) is -0.0263. The number of hydrogen-bond acceptors (Lipinski definition) is 5. The molecule has 3 N–H and O–H groups in total. The highest BCUT2D eigenvalue weighted by molar-refractivity contribution is 7.12. The lowest BCUT2D eigenvalue weighted by atomic mass is 10.1. The molecule has 0 spiro atoms. The van der Waals surface area contributed by atoms with Crippen molar-refractivity contribution in [2.75, 3.05) is 13.6 Å². The maximum absolute atomic E-state index is 11.0. The van der Waals surface area contributed by atoms with Crippen LogP contribution in [0.15, 0.2) is 11.4 Å². The van der Waals surface area contributed by atoms with Crippen LogP contribution < -0.4 is 5.32 Å². The Labute approximate surface area is 92.6 Å². The largest absolute Gasteiger partial charge is 0.389 e. The Bertz CT molecular complexity index is 337. The first kappa shape index (κ1) is 12.3. The molecule has 0 aliphatic heterocycles. The van der Waals surface area contributed by atoms with E-state index in [0.717, 1.165) is 0 Å². The van der Waals surface area contributed by atoms with Gasteiger partial charge in [-0.2, -0.15) is 0 Å². The first-order chi connectivity index (χ1) is 7.06. The van der Waals surface area contributed by atoms with Crippen LogP contribution in [0.1, 0.15) is 28.3 Å². The van der Waals surface area contributed by atoms with Crippen molar-refractivity contribution < 1.29 is 15.0 Å². The van der Waals surface area contributed by atoms with Crippen LogP contribution >= 0.6 is 11.3 Å². The number of rotatable bonds is 5. The average molecular weight is 229 g/mol. The highest BCUT2D eigenvalue weighted by atomic mass is 32.1. The van der Waals surface area contributed by atoms with Crippen molar-refractivity contribution >= 4 is 17.1 Å². The summed E-state index contributed by atoms with van der Waals surface area (Å²) in [6.45, 7) is 1.79. The maximum atomic E-state index is 11.0. The molecule has 15 heavy (non-hydrogen) atoms. The van der Waals surface area contributed by atoms with Gasteiger partial charge in [0.25, 0.3) is 0 Å². The molecule has 1 aromatic heterocycles. The molecule has 0 fully saturated rings. The minimum Gasteiger partial charge on any atom is -0.389 e.